The average Bonchev–Trinajstić information content (AvgIpc) is 3.20. The number of hydrogen-bond donors (Lipinski definition) is 1. The lowest BCUT2D eigenvalue weighted by Gasteiger charge is -2.29. The zero-order chi connectivity index (χ0) is 25.4. The van der Waals surface area contributed by atoms with Crippen LogP contribution in [0.15, 0.2) is 84.6 Å². The van der Waals surface area contributed by atoms with Gasteiger partial charge in [0.25, 0.3) is 11.8 Å². The Morgan fingerprint density at radius 1 is 0.972 bits per heavy atom. The third kappa shape index (κ3) is 4.57. The molecule has 5 rings (SSSR count). The van der Waals surface area contributed by atoms with E-state index in [1.54, 1.807) is 6.08 Å². The number of fused-ring (bicyclic) bond motifs is 1. The summed E-state index contributed by atoms with van der Waals surface area (Å²) < 4.78 is 2.10. The maximum atomic E-state index is 13.5. The summed E-state index contributed by atoms with van der Waals surface area (Å²) in [5.74, 6) is -0.589. The standard InChI is InChI=1S/C29H24ClN3O2S/c1-18(2)20-9-13-23(14-10-20)33-28(35)25(27(34)31-29(33)36)15-21-17-32(26-6-4-3-5-24(21)26)16-19-7-11-22(30)12-8-19/h3-15,17-18H,16H2,1-2H3,(H,31,34,36)/b25-15+. The monoisotopic (exact) mass is 513 g/mol. The number of aromatic nitrogens is 1. The van der Waals surface area contributed by atoms with Crippen molar-refractivity contribution in [2.24, 2.45) is 0 Å². The molecule has 2 amide bonds. The zero-order valence-corrected chi connectivity index (χ0v) is 21.4. The predicted molar refractivity (Wildman–Crippen MR) is 149 cm³/mol. The number of halogens is 1. The lowest BCUT2D eigenvalue weighted by molar-refractivity contribution is -0.122. The number of anilines is 1. The number of para-hydroxylation sites is 1. The van der Waals surface area contributed by atoms with Crippen molar-refractivity contribution in [3.8, 4) is 0 Å². The summed E-state index contributed by atoms with van der Waals surface area (Å²) in [6.07, 6.45) is 3.61. The first-order valence-corrected chi connectivity index (χ1v) is 12.4. The van der Waals surface area contributed by atoms with Crippen LogP contribution >= 0.6 is 23.8 Å². The quantitative estimate of drug-likeness (QED) is 0.193. The lowest BCUT2D eigenvalue weighted by Crippen LogP contribution is -2.54. The lowest BCUT2D eigenvalue weighted by atomic mass is 10.0. The molecule has 0 unspecified atom stereocenters. The number of thiocarbonyl (C=S) groups is 1. The molecule has 1 saturated heterocycles. The topological polar surface area (TPSA) is 54.3 Å². The van der Waals surface area contributed by atoms with Crippen molar-refractivity contribution >= 4 is 63.4 Å². The molecule has 0 atom stereocenters. The van der Waals surface area contributed by atoms with Crippen LogP contribution in [0.3, 0.4) is 0 Å². The van der Waals surface area contributed by atoms with E-state index < -0.39 is 11.8 Å². The number of hydrogen-bond acceptors (Lipinski definition) is 3. The molecule has 0 bridgehead atoms. The van der Waals surface area contributed by atoms with Crippen LogP contribution in [-0.2, 0) is 16.1 Å². The second kappa shape index (κ2) is 9.72. The summed E-state index contributed by atoms with van der Waals surface area (Å²) in [7, 11) is 0. The number of benzene rings is 3. The van der Waals surface area contributed by atoms with Crippen LogP contribution in [0.1, 0.15) is 36.5 Å². The molecule has 0 aliphatic carbocycles. The number of rotatable bonds is 5. The summed E-state index contributed by atoms with van der Waals surface area (Å²) in [5.41, 5.74) is 4.67. The summed E-state index contributed by atoms with van der Waals surface area (Å²) in [4.78, 5) is 27.8. The van der Waals surface area contributed by atoms with Gasteiger partial charge in [-0.15, -0.1) is 0 Å². The molecule has 1 aromatic heterocycles. The Morgan fingerprint density at radius 3 is 2.36 bits per heavy atom. The highest BCUT2D eigenvalue weighted by atomic mass is 35.5. The van der Waals surface area contributed by atoms with Crippen molar-refractivity contribution < 1.29 is 9.59 Å². The van der Waals surface area contributed by atoms with Crippen molar-refractivity contribution in [1.82, 2.24) is 9.88 Å². The Balaban J connectivity index is 1.53. The van der Waals surface area contributed by atoms with Gasteiger partial charge in [-0.3, -0.25) is 19.8 Å². The van der Waals surface area contributed by atoms with E-state index in [2.05, 4.69) is 23.7 Å². The number of amides is 2. The second-order valence-electron chi connectivity index (χ2n) is 9.06. The first-order chi connectivity index (χ1) is 17.3. The smallest absolute Gasteiger partial charge is 0.270 e. The van der Waals surface area contributed by atoms with Crippen LogP contribution in [-0.4, -0.2) is 21.5 Å². The second-order valence-corrected chi connectivity index (χ2v) is 9.88. The highest BCUT2D eigenvalue weighted by Gasteiger charge is 2.34. The third-order valence-electron chi connectivity index (χ3n) is 6.31. The largest absolute Gasteiger partial charge is 0.342 e. The molecule has 5 nitrogen and oxygen atoms in total. The Bertz CT molecular complexity index is 1520. The molecule has 3 aromatic carbocycles. The van der Waals surface area contributed by atoms with E-state index in [9.17, 15) is 9.59 Å². The fourth-order valence-corrected chi connectivity index (χ4v) is 4.77. The molecule has 2 heterocycles. The van der Waals surface area contributed by atoms with E-state index in [0.29, 0.717) is 23.2 Å². The third-order valence-corrected chi connectivity index (χ3v) is 6.84. The van der Waals surface area contributed by atoms with Gasteiger partial charge >= 0.3 is 0 Å². The number of nitrogens with zero attached hydrogens (tertiary/aromatic N) is 2. The molecular formula is C29H24ClN3O2S. The van der Waals surface area contributed by atoms with Crippen LogP contribution in [0.4, 0.5) is 5.69 Å². The van der Waals surface area contributed by atoms with E-state index in [4.69, 9.17) is 23.8 Å². The van der Waals surface area contributed by atoms with Gasteiger partial charge in [-0.25, -0.2) is 0 Å². The Kier molecular flexibility index (Phi) is 6.48. The molecule has 1 N–H and O–H groups in total. The molecular weight excluding hydrogens is 490 g/mol. The van der Waals surface area contributed by atoms with E-state index >= 15 is 0 Å². The molecule has 1 fully saturated rings. The Labute approximate surface area is 220 Å². The minimum Gasteiger partial charge on any atom is -0.342 e. The Hall–Kier alpha value is -3.74. The SMILES string of the molecule is CC(C)c1ccc(N2C(=O)/C(=C/c3cn(Cc4ccc(Cl)cc4)c4ccccc34)C(=O)NC2=S)cc1. The fraction of sp³-hybridized carbons (Fsp3) is 0.138. The van der Waals surface area contributed by atoms with Crippen LogP contribution in [0.25, 0.3) is 17.0 Å². The average molecular weight is 514 g/mol. The molecule has 7 heteroatoms. The Morgan fingerprint density at radius 2 is 1.67 bits per heavy atom. The van der Waals surface area contributed by atoms with E-state index in [-0.39, 0.29) is 10.7 Å². The van der Waals surface area contributed by atoms with Gasteiger partial charge in [-0.1, -0.05) is 67.9 Å². The maximum absolute atomic E-state index is 13.5. The minimum atomic E-state index is -0.505. The fourth-order valence-electron chi connectivity index (χ4n) is 4.36. The molecule has 0 saturated carbocycles. The molecule has 1 aliphatic heterocycles. The molecule has 1 aliphatic rings. The summed E-state index contributed by atoms with van der Waals surface area (Å²) >= 11 is 11.4. The molecule has 180 valence electrons. The van der Waals surface area contributed by atoms with Gasteiger partial charge in [0.1, 0.15) is 5.57 Å². The zero-order valence-electron chi connectivity index (χ0n) is 19.9. The van der Waals surface area contributed by atoms with Gasteiger partial charge in [-0.2, -0.15) is 0 Å². The first-order valence-electron chi connectivity index (χ1n) is 11.7. The number of nitrogens with one attached hydrogen (secondary N) is 1. The van der Waals surface area contributed by atoms with Crippen molar-refractivity contribution in [3.63, 3.8) is 0 Å². The minimum absolute atomic E-state index is 0.0333. The van der Waals surface area contributed by atoms with Crippen molar-refractivity contribution in [2.45, 2.75) is 26.3 Å². The molecule has 4 aromatic rings. The van der Waals surface area contributed by atoms with E-state index in [1.807, 2.05) is 79.0 Å². The van der Waals surface area contributed by atoms with Crippen LogP contribution in [0.2, 0.25) is 5.02 Å². The van der Waals surface area contributed by atoms with Crippen molar-refractivity contribution in [1.29, 1.82) is 0 Å². The summed E-state index contributed by atoms with van der Waals surface area (Å²) in [6, 6.07) is 23.3. The molecule has 0 spiro atoms. The van der Waals surface area contributed by atoms with Gasteiger partial charge in [0.15, 0.2) is 5.11 Å². The molecule has 36 heavy (non-hydrogen) atoms. The van der Waals surface area contributed by atoms with Crippen molar-refractivity contribution in [2.75, 3.05) is 4.90 Å². The maximum Gasteiger partial charge on any atom is 0.270 e. The number of carbonyl (C=O) groups is 2. The number of carbonyl (C=O) groups excluding carboxylic acids is 2. The van der Waals surface area contributed by atoms with E-state index in [0.717, 1.165) is 27.6 Å². The molecule has 0 radical (unpaired) electrons. The highest BCUT2D eigenvalue weighted by molar-refractivity contribution is 7.80. The summed E-state index contributed by atoms with van der Waals surface area (Å²) in [5, 5.41) is 4.38. The van der Waals surface area contributed by atoms with Gasteiger partial charge in [0.05, 0.1) is 5.69 Å². The van der Waals surface area contributed by atoms with Gasteiger partial charge < -0.3 is 4.57 Å². The highest BCUT2D eigenvalue weighted by Crippen LogP contribution is 2.28. The van der Waals surface area contributed by atoms with Crippen LogP contribution in [0, 0.1) is 0 Å². The van der Waals surface area contributed by atoms with Crippen LogP contribution in [0.5, 0.6) is 0 Å². The van der Waals surface area contributed by atoms with Crippen LogP contribution < -0.4 is 10.2 Å². The predicted octanol–water partition coefficient (Wildman–Crippen LogP) is 6.30. The van der Waals surface area contributed by atoms with E-state index in [1.165, 1.54) is 4.90 Å². The van der Waals surface area contributed by atoms with Gasteiger partial charge in [0, 0.05) is 34.2 Å². The van der Waals surface area contributed by atoms with Gasteiger partial charge in [0.2, 0.25) is 0 Å². The first kappa shape index (κ1) is 24.0. The van der Waals surface area contributed by atoms with Gasteiger partial charge in [-0.05, 0) is 65.7 Å². The van der Waals surface area contributed by atoms with Crippen molar-refractivity contribution in [3.05, 3.63) is 106 Å². The summed E-state index contributed by atoms with van der Waals surface area (Å²) in [6.45, 7) is 4.84. The normalized spacial score (nSPS) is 15.3.